The zero-order valence-electron chi connectivity index (χ0n) is 10.6. The molecule has 0 atom stereocenters. The summed E-state index contributed by atoms with van der Waals surface area (Å²) >= 11 is 4.95. The van der Waals surface area contributed by atoms with Gasteiger partial charge in [-0.3, -0.25) is 0 Å². The van der Waals surface area contributed by atoms with Crippen molar-refractivity contribution in [1.82, 2.24) is 10.6 Å². The van der Waals surface area contributed by atoms with Gasteiger partial charge in [-0.1, -0.05) is 12.8 Å². The summed E-state index contributed by atoms with van der Waals surface area (Å²) in [5, 5.41) is 6.39. The van der Waals surface area contributed by atoms with E-state index in [4.69, 9.17) is 38.3 Å². The van der Waals surface area contributed by atoms with Crippen LogP contribution >= 0.6 is 12.2 Å². The Hall–Kier alpha value is -1.41. The molecule has 0 aromatic carbocycles. The molecule has 2 N–H and O–H groups in total. The molecule has 0 aromatic heterocycles. The average Bonchev–Trinajstić information content (AvgIpc) is 2.35. The lowest BCUT2D eigenvalue weighted by Gasteiger charge is -2.23. The molecule has 0 bridgehead atoms. The van der Waals surface area contributed by atoms with Crippen molar-refractivity contribution in [2.45, 2.75) is 19.4 Å². The second kappa shape index (κ2) is 9.60. The molecule has 0 amide bonds. The summed E-state index contributed by atoms with van der Waals surface area (Å²) in [6.07, 6.45) is 15.2. The second-order valence-corrected chi connectivity index (χ2v) is 6.14. The van der Waals surface area contributed by atoms with Gasteiger partial charge in [-0.2, -0.15) is 0 Å². The van der Waals surface area contributed by atoms with Gasteiger partial charge in [-0.15, -0.1) is 0 Å². The van der Waals surface area contributed by atoms with Gasteiger partial charge in [-0.05, 0) is 25.6 Å². The molecule has 0 spiro atoms. The van der Waals surface area contributed by atoms with Gasteiger partial charge in [0.25, 0.3) is 0 Å². The third kappa shape index (κ3) is 6.35. The van der Waals surface area contributed by atoms with E-state index in [9.17, 15) is 0 Å². The van der Waals surface area contributed by atoms with Crippen LogP contribution in [0, 0.1) is 25.1 Å². The van der Waals surface area contributed by atoms with Gasteiger partial charge in [0.2, 0.25) is 0 Å². The van der Waals surface area contributed by atoms with Crippen LogP contribution in [0.4, 0.5) is 0 Å². The van der Waals surface area contributed by atoms with Crippen LogP contribution in [0.25, 0.3) is 0 Å². The van der Waals surface area contributed by atoms with Crippen LogP contribution in [0.2, 0.25) is 6.04 Å². The lowest BCUT2D eigenvalue weighted by molar-refractivity contribution is 0.150. The Kier molecular flexibility index (Phi) is 8.85. The zero-order chi connectivity index (χ0) is 13.9. The number of rotatable bonds is 8. The summed E-state index contributed by atoms with van der Waals surface area (Å²) in [6.45, 7) is 2.91. The second-order valence-electron chi connectivity index (χ2n) is 3.17. The molecule has 0 aliphatic rings. The van der Waals surface area contributed by atoms with Gasteiger partial charge < -0.3 is 23.9 Å². The summed E-state index contributed by atoms with van der Waals surface area (Å²) in [7, 11) is -1.21. The third-order valence-corrected chi connectivity index (χ3v) is 4.87. The molecule has 0 saturated heterocycles. The van der Waals surface area contributed by atoms with Crippen molar-refractivity contribution in [3.63, 3.8) is 0 Å². The summed E-state index contributed by atoms with van der Waals surface area (Å²) in [5.41, 5.74) is 0. The van der Waals surface area contributed by atoms with Crippen molar-refractivity contribution >= 4 is 26.1 Å². The molecule has 0 aromatic rings. The maximum atomic E-state index is 5.48. The minimum atomic E-state index is -2.95. The first-order valence-corrected chi connectivity index (χ1v) is 7.85. The van der Waals surface area contributed by atoms with E-state index in [1.54, 1.807) is 7.05 Å². The highest BCUT2D eigenvalue weighted by atomic mass is 32.1. The monoisotopic (exact) mass is 286 g/mol. The number of nitrogens with one attached hydrogen (secondary N) is 2. The van der Waals surface area contributed by atoms with Gasteiger partial charge in [0.15, 0.2) is 5.11 Å². The topological polar surface area (TPSA) is 51.8 Å². The van der Waals surface area contributed by atoms with Gasteiger partial charge >= 0.3 is 8.80 Å². The molecule has 18 heavy (non-hydrogen) atoms. The van der Waals surface area contributed by atoms with E-state index < -0.39 is 8.80 Å². The zero-order valence-corrected chi connectivity index (χ0v) is 12.4. The SMILES string of the molecule is C#CO[Si](CCCNC(=S)NC)(OC#C)OCC. The minimum Gasteiger partial charge on any atom is -0.441 e. The summed E-state index contributed by atoms with van der Waals surface area (Å²) in [4.78, 5) is 0. The molecule has 0 fully saturated rings. The number of hydrogen-bond acceptors (Lipinski definition) is 4. The number of terminal acetylenes is 2. The van der Waals surface area contributed by atoms with E-state index in [-0.39, 0.29) is 0 Å². The van der Waals surface area contributed by atoms with Crippen LogP contribution in [0.3, 0.4) is 0 Å². The first kappa shape index (κ1) is 16.6. The molecule has 0 heterocycles. The van der Waals surface area contributed by atoms with Crippen LogP contribution in [-0.4, -0.2) is 34.1 Å². The van der Waals surface area contributed by atoms with E-state index >= 15 is 0 Å². The van der Waals surface area contributed by atoms with Crippen molar-refractivity contribution in [2.24, 2.45) is 0 Å². The molecule has 0 rings (SSSR count). The van der Waals surface area contributed by atoms with E-state index in [2.05, 4.69) is 22.8 Å². The summed E-state index contributed by atoms with van der Waals surface area (Å²) < 4.78 is 15.8. The number of hydrogen-bond donors (Lipinski definition) is 2. The van der Waals surface area contributed by atoms with Crippen LogP contribution in [0.15, 0.2) is 0 Å². The molecule has 0 unspecified atom stereocenters. The fraction of sp³-hybridized carbons (Fsp3) is 0.545. The van der Waals surface area contributed by atoms with Crippen molar-refractivity contribution < 1.29 is 13.3 Å². The Balaban J connectivity index is 4.27. The average molecular weight is 286 g/mol. The standard InChI is InChI=1S/C11H18N2O3SSi/c1-5-14-18(15-6-2,16-7-3)10-8-9-13-11(17)12-4/h1-2H,7-10H2,3-4H3,(H2,12,13,17). The molecule has 0 radical (unpaired) electrons. The highest BCUT2D eigenvalue weighted by molar-refractivity contribution is 7.80. The fourth-order valence-corrected chi connectivity index (χ4v) is 3.27. The summed E-state index contributed by atoms with van der Waals surface area (Å²) in [6, 6.07) is 0.522. The largest absolute Gasteiger partial charge is 0.649 e. The van der Waals surface area contributed by atoms with E-state index in [0.29, 0.717) is 24.3 Å². The minimum absolute atomic E-state index is 0.429. The fourth-order valence-electron chi connectivity index (χ4n) is 1.25. The van der Waals surface area contributed by atoms with Crippen LogP contribution in [-0.2, 0) is 13.3 Å². The van der Waals surface area contributed by atoms with Crippen molar-refractivity contribution in [3.8, 4) is 25.1 Å². The van der Waals surface area contributed by atoms with Gasteiger partial charge in [0, 0.05) is 26.2 Å². The first-order chi connectivity index (χ1) is 8.64. The van der Waals surface area contributed by atoms with Gasteiger partial charge in [0.05, 0.1) is 12.2 Å². The molecule has 0 saturated carbocycles. The van der Waals surface area contributed by atoms with Crippen LogP contribution < -0.4 is 10.6 Å². The molecule has 0 aliphatic heterocycles. The Morgan fingerprint density at radius 1 is 1.33 bits per heavy atom. The number of thiocarbonyl (C=S) groups is 1. The molecule has 0 aliphatic carbocycles. The molecular weight excluding hydrogens is 268 g/mol. The van der Waals surface area contributed by atoms with E-state index in [1.165, 1.54) is 0 Å². The van der Waals surface area contributed by atoms with Crippen molar-refractivity contribution in [2.75, 3.05) is 20.2 Å². The normalized spacial score (nSPS) is 9.78. The lowest BCUT2D eigenvalue weighted by atomic mass is 10.5. The predicted molar refractivity (Wildman–Crippen MR) is 76.3 cm³/mol. The smallest absolute Gasteiger partial charge is 0.441 e. The highest BCUT2D eigenvalue weighted by Gasteiger charge is 2.44. The van der Waals surface area contributed by atoms with E-state index in [0.717, 1.165) is 6.42 Å². The Bertz CT molecular complexity index is 322. The van der Waals surface area contributed by atoms with Crippen molar-refractivity contribution in [1.29, 1.82) is 0 Å². The third-order valence-electron chi connectivity index (χ3n) is 1.97. The Morgan fingerprint density at radius 2 is 1.94 bits per heavy atom. The molecule has 5 nitrogen and oxygen atoms in total. The van der Waals surface area contributed by atoms with Crippen molar-refractivity contribution in [3.05, 3.63) is 0 Å². The van der Waals surface area contributed by atoms with Crippen LogP contribution in [0.1, 0.15) is 13.3 Å². The highest BCUT2D eigenvalue weighted by Crippen LogP contribution is 2.16. The Labute approximate surface area is 115 Å². The summed E-state index contributed by atoms with van der Waals surface area (Å²) in [5.74, 6) is 0. The Morgan fingerprint density at radius 3 is 2.39 bits per heavy atom. The lowest BCUT2D eigenvalue weighted by Crippen LogP contribution is -2.44. The van der Waals surface area contributed by atoms with Gasteiger partial charge in [-0.25, -0.2) is 0 Å². The van der Waals surface area contributed by atoms with Crippen LogP contribution in [0.5, 0.6) is 0 Å². The van der Waals surface area contributed by atoms with E-state index in [1.807, 2.05) is 6.92 Å². The maximum Gasteiger partial charge on any atom is 0.649 e. The predicted octanol–water partition coefficient (Wildman–Crippen LogP) is 0.660. The molecule has 100 valence electrons. The maximum absolute atomic E-state index is 5.48. The quantitative estimate of drug-likeness (QED) is 0.296. The van der Waals surface area contributed by atoms with Gasteiger partial charge in [0.1, 0.15) is 0 Å². The molecular formula is C11H18N2O3SSi. The molecule has 7 heteroatoms. The first-order valence-electron chi connectivity index (χ1n) is 5.50.